The summed E-state index contributed by atoms with van der Waals surface area (Å²) in [4.78, 5) is 2.65. The second kappa shape index (κ2) is 7.17. The summed E-state index contributed by atoms with van der Waals surface area (Å²) in [6, 6.07) is 11.2. The molecule has 0 bridgehead atoms. The van der Waals surface area contributed by atoms with Gasteiger partial charge in [0.25, 0.3) is 0 Å². The molecule has 1 aromatic rings. The molecule has 0 radical (unpaired) electrons. The fourth-order valence-electron chi connectivity index (χ4n) is 5.54. The van der Waals surface area contributed by atoms with E-state index in [9.17, 15) is 0 Å². The number of hydrogen-bond acceptors (Lipinski definition) is 2. The zero-order chi connectivity index (χ0) is 17.2. The molecule has 24 heavy (non-hydrogen) atoms. The van der Waals surface area contributed by atoms with Gasteiger partial charge >= 0.3 is 0 Å². The number of piperidine rings is 1. The highest BCUT2D eigenvalue weighted by molar-refractivity contribution is 5.26. The topological polar surface area (TPSA) is 15.3 Å². The highest BCUT2D eigenvalue weighted by Gasteiger charge is 2.44. The molecule has 1 saturated carbocycles. The van der Waals surface area contributed by atoms with Crippen LogP contribution in [0.4, 0.5) is 0 Å². The van der Waals surface area contributed by atoms with E-state index < -0.39 is 0 Å². The van der Waals surface area contributed by atoms with Gasteiger partial charge in [-0.25, -0.2) is 0 Å². The van der Waals surface area contributed by atoms with Gasteiger partial charge in [-0.3, -0.25) is 10.2 Å². The lowest BCUT2D eigenvalue weighted by atomic mass is 9.62. The van der Waals surface area contributed by atoms with Crippen LogP contribution in [0.1, 0.15) is 71.8 Å². The van der Waals surface area contributed by atoms with Crippen molar-refractivity contribution in [2.75, 3.05) is 13.1 Å². The molecule has 0 aromatic heterocycles. The first kappa shape index (κ1) is 17.9. The van der Waals surface area contributed by atoms with Gasteiger partial charge in [0.1, 0.15) is 0 Å². The van der Waals surface area contributed by atoms with Crippen LogP contribution < -0.4 is 5.32 Å². The van der Waals surface area contributed by atoms with Crippen LogP contribution in [-0.2, 0) is 5.54 Å². The Morgan fingerprint density at radius 2 is 1.71 bits per heavy atom. The molecule has 1 aliphatic carbocycles. The Morgan fingerprint density at radius 3 is 2.33 bits per heavy atom. The molecule has 3 atom stereocenters. The van der Waals surface area contributed by atoms with Crippen molar-refractivity contribution < 1.29 is 0 Å². The monoisotopic (exact) mass is 328 g/mol. The van der Waals surface area contributed by atoms with Crippen molar-refractivity contribution in [1.29, 1.82) is 0 Å². The maximum Gasteiger partial charge on any atom is 0.0574 e. The molecule has 1 aromatic carbocycles. The number of benzene rings is 1. The third-order valence-electron chi connectivity index (χ3n) is 6.13. The van der Waals surface area contributed by atoms with Gasteiger partial charge in [0.2, 0.25) is 0 Å². The van der Waals surface area contributed by atoms with Crippen LogP contribution in [0, 0.1) is 11.3 Å². The fraction of sp³-hybridized carbons (Fsp3) is 0.727. The average Bonchev–Trinajstić information content (AvgIpc) is 2.54. The van der Waals surface area contributed by atoms with Crippen molar-refractivity contribution in [3.05, 3.63) is 35.9 Å². The molecular weight excluding hydrogens is 292 g/mol. The SMILES string of the molecule is CC1CC(C)(C)CC(NC(C)N2CCCCC2)(c2ccccc2)C1. The molecule has 2 nitrogen and oxygen atoms in total. The van der Waals surface area contributed by atoms with Gasteiger partial charge in [0, 0.05) is 5.54 Å². The summed E-state index contributed by atoms with van der Waals surface area (Å²) >= 11 is 0. The Balaban J connectivity index is 1.87. The second-order valence-electron chi connectivity index (χ2n) is 9.22. The standard InChI is InChI=1S/C22H36N2/c1-18-15-21(3,4)17-22(16-18,20-11-7-5-8-12-20)23-19(2)24-13-9-6-10-14-24/h5,7-8,11-12,18-19,23H,6,9-10,13-17H2,1-4H3. The van der Waals surface area contributed by atoms with Crippen LogP contribution in [0.5, 0.6) is 0 Å². The van der Waals surface area contributed by atoms with Crippen molar-refractivity contribution in [1.82, 2.24) is 10.2 Å². The van der Waals surface area contributed by atoms with Crippen LogP contribution in [0.15, 0.2) is 30.3 Å². The molecule has 1 N–H and O–H groups in total. The molecule has 134 valence electrons. The van der Waals surface area contributed by atoms with E-state index in [0.717, 1.165) is 5.92 Å². The summed E-state index contributed by atoms with van der Waals surface area (Å²) < 4.78 is 0. The third-order valence-corrected chi connectivity index (χ3v) is 6.13. The Bertz CT molecular complexity index is 518. The summed E-state index contributed by atoms with van der Waals surface area (Å²) in [6.07, 6.45) is 8.37. The van der Waals surface area contributed by atoms with E-state index in [1.54, 1.807) is 0 Å². The highest BCUT2D eigenvalue weighted by atomic mass is 15.3. The first-order chi connectivity index (χ1) is 11.4. The molecule has 1 saturated heterocycles. The van der Waals surface area contributed by atoms with Crippen LogP contribution >= 0.6 is 0 Å². The predicted molar refractivity (Wildman–Crippen MR) is 103 cm³/mol. The minimum Gasteiger partial charge on any atom is -0.292 e. The number of nitrogens with zero attached hydrogens (tertiary/aromatic N) is 1. The second-order valence-corrected chi connectivity index (χ2v) is 9.22. The molecule has 2 fully saturated rings. The van der Waals surface area contributed by atoms with Gasteiger partial charge in [-0.2, -0.15) is 0 Å². The lowest BCUT2D eigenvalue weighted by molar-refractivity contribution is 0.0366. The maximum atomic E-state index is 4.13. The van der Waals surface area contributed by atoms with Gasteiger partial charge < -0.3 is 0 Å². The summed E-state index contributed by atoms with van der Waals surface area (Å²) in [5.41, 5.74) is 1.98. The quantitative estimate of drug-likeness (QED) is 0.822. The van der Waals surface area contributed by atoms with Gasteiger partial charge in [-0.05, 0) is 69.0 Å². The first-order valence-electron chi connectivity index (χ1n) is 9.98. The molecule has 0 spiro atoms. The summed E-state index contributed by atoms with van der Waals surface area (Å²) in [6.45, 7) is 12.2. The van der Waals surface area contributed by atoms with E-state index in [1.165, 1.54) is 57.2 Å². The van der Waals surface area contributed by atoms with Crippen LogP contribution in [0.3, 0.4) is 0 Å². The van der Waals surface area contributed by atoms with Crippen molar-refractivity contribution >= 4 is 0 Å². The lowest BCUT2D eigenvalue weighted by Crippen LogP contribution is -2.58. The minimum absolute atomic E-state index is 0.110. The third kappa shape index (κ3) is 4.03. The molecule has 3 unspecified atom stereocenters. The average molecular weight is 329 g/mol. The summed E-state index contributed by atoms with van der Waals surface area (Å²) in [7, 11) is 0. The zero-order valence-electron chi connectivity index (χ0n) is 16.1. The van der Waals surface area contributed by atoms with Crippen LogP contribution in [-0.4, -0.2) is 24.2 Å². The maximum absolute atomic E-state index is 4.13. The number of nitrogens with one attached hydrogen (secondary N) is 1. The largest absolute Gasteiger partial charge is 0.292 e. The van der Waals surface area contributed by atoms with E-state index >= 15 is 0 Å². The van der Waals surface area contributed by atoms with Gasteiger partial charge in [-0.15, -0.1) is 0 Å². The van der Waals surface area contributed by atoms with Crippen LogP contribution in [0.25, 0.3) is 0 Å². The minimum atomic E-state index is 0.110. The van der Waals surface area contributed by atoms with E-state index in [1.807, 2.05) is 0 Å². The first-order valence-corrected chi connectivity index (χ1v) is 9.98. The number of hydrogen-bond donors (Lipinski definition) is 1. The lowest BCUT2D eigenvalue weighted by Gasteiger charge is -2.51. The predicted octanol–water partition coefficient (Wildman–Crippen LogP) is 5.15. The summed E-state index contributed by atoms with van der Waals surface area (Å²) in [5.74, 6) is 0.759. The normalized spacial score (nSPS) is 32.4. The Hall–Kier alpha value is -0.860. The summed E-state index contributed by atoms with van der Waals surface area (Å²) in [5, 5.41) is 4.13. The van der Waals surface area contributed by atoms with Crippen molar-refractivity contribution in [2.24, 2.45) is 11.3 Å². The molecule has 2 heteroatoms. The Labute approximate surface area is 149 Å². The molecule has 1 aliphatic heterocycles. The van der Waals surface area contributed by atoms with Crippen LogP contribution in [0.2, 0.25) is 0 Å². The van der Waals surface area contributed by atoms with Crippen molar-refractivity contribution in [3.8, 4) is 0 Å². The molecule has 1 heterocycles. The molecule has 3 rings (SSSR count). The Kier molecular flexibility index (Phi) is 5.36. The fourth-order valence-corrected chi connectivity index (χ4v) is 5.54. The smallest absolute Gasteiger partial charge is 0.0574 e. The highest BCUT2D eigenvalue weighted by Crippen LogP contribution is 2.49. The molecular formula is C22H36N2. The van der Waals surface area contributed by atoms with Gasteiger partial charge in [-0.1, -0.05) is 57.5 Å². The van der Waals surface area contributed by atoms with E-state index in [-0.39, 0.29) is 5.54 Å². The van der Waals surface area contributed by atoms with E-state index in [2.05, 4.69) is 68.2 Å². The molecule has 2 aliphatic rings. The van der Waals surface area contributed by atoms with E-state index in [0.29, 0.717) is 11.6 Å². The van der Waals surface area contributed by atoms with Crippen molar-refractivity contribution in [3.63, 3.8) is 0 Å². The van der Waals surface area contributed by atoms with E-state index in [4.69, 9.17) is 0 Å². The molecule has 0 amide bonds. The van der Waals surface area contributed by atoms with Gasteiger partial charge in [0.05, 0.1) is 6.17 Å². The van der Waals surface area contributed by atoms with Crippen molar-refractivity contribution in [2.45, 2.75) is 77.9 Å². The zero-order valence-corrected chi connectivity index (χ0v) is 16.1. The number of likely N-dealkylation sites (tertiary alicyclic amines) is 1. The van der Waals surface area contributed by atoms with Gasteiger partial charge in [0.15, 0.2) is 0 Å². The Morgan fingerprint density at radius 1 is 1.04 bits per heavy atom. The number of rotatable bonds is 4.